The zero-order valence-electron chi connectivity index (χ0n) is 12.9. The Hall–Kier alpha value is -1.25. The van der Waals surface area contributed by atoms with Crippen molar-refractivity contribution in [3.8, 4) is 0 Å². The maximum atomic E-state index is 11.5. The molecule has 0 radical (unpaired) electrons. The summed E-state index contributed by atoms with van der Waals surface area (Å²) in [5.41, 5.74) is 1.22. The quantitative estimate of drug-likeness (QED) is 0.575. The summed E-state index contributed by atoms with van der Waals surface area (Å²) in [5, 5.41) is 4.04. The summed E-state index contributed by atoms with van der Waals surface area (Å²) in [4.78, 5) is 11.5. The molecule has 1 aliphatic carbocycles. The molecule has 0 aliphatic heterocycles. The van der Waals surface area contributed by atoms with Crippen LogP contribution in [0.3, 0.4) is 0 Å². The van der Waals surface area contributed by atoms with Gasteiger partial charge < -0.3 is 5.32 Å². The molecule has 1 saturated carbocycles. The summed E-state index contributed by atoms with van der Waals surface area (Å²) in [6, 6.07) is 5.82. The van der Waals surface area contributed by atoms with E-state index in [1.54, 1.807) is 12.2 Å². The number of hydrogen-bond donors (Lipinski definition) is 1. The van der Waals surface area contributed by atoms with E-state index in [4.69, 9.17) is 23.2 Å². The topological polar surface area (TPSA) is 29.1 Å². The first-order valence-electron chi connectivity index (χ1n) is 7.55. The summed E-state index contributed by atoms with van der Waals surface area (Å²) >= 11 is 12.0. The maximum Gasteiger partial charge on any atom is 0.243 e. The molecule has 1 fully saturated rings. The zero-order chi connectivity index (χ0) is 16.1. The first-order valence-corrected chi connectivity index (χ1v) is 8.30. The molecule has 0 heterocycles. The van der Waals surface area contributed by atoms with Crippen LogP contribution in [0.2, 0.25) is 10.0 Å². The molecular weight excluding hydrogens is 317 g/mol. The van der Waals surface area contributed by atoms with Gasteiger partial charge in [-0.3, -0.25) is 4.79 Å². The second-order valence-corrected chi connectivity index (χ2v) is 6.88. The van der Waals surface area contributed by atoms with Gasteiger partial charge >= 0.3 is 0 Å². The number of benzene rings is 1. The lowest BCUT2D eigenvalue weighted by atomic mass is 10.1. The van der Waals surface area contributed by atoms with Gasteiger partial charge in [-0.05, 0) is 41.9 Å². The van der Waals surface area contributed by atoms with Crippen molar-refractivity contribution in [2.24, 2.45) is 11.8 Å². The summed E-state index contributed by atoms with van der Waals surface area (Å²) in [6.07, 6.45) is 8.55. The third-order valence-corrected chi connectivity index (χ3v) is 4.35. The summed E-state index contributed by atoms with van der Waals surface area (Å²) < 4.78 is 0. The predicted molar refractivity (Wildman–Crippen MR) is 93.4 cm³/mol. The highest BCUT2D eigenvalue weighted by Crippen LogP contribution is 2.49. The molecule has 0 bridgehead atoms. The van der Waals surface area contributed by atoms with Crippen molar-refractivity contribution in [2.75, 3.05) is 6.54 Å². The molecule has 1 aromatic carbocycles. The second kappa shape index (κ2) is 7.85. The molecule has 2 rings (SSSR count). The molecule has 0 spiro atoms. The molecule has 0 saturated heterocycles. The Morgan fingerprint density at radius 1 is 1.32 bits per heavy atom. The molecule has 118 valence electrons. The Morgan fingerprint density at radius 3 is 2.77 bits per heavy atom. The second-order valence-electron chi connectivity index (χ2n) is 6.06. The normalized spacial score (nSPS) is 21.0. The predicted octanol–water partition coefficient (Wildman–Crippen LogP) is 4.98. The average Bonchev–Trinajstić information content (AvgIpc) is 3.24. The Kier molecular flexibility index (Phi) is 6.10. The lowest BCUT2D eigenvalue weighted by Crippen LogP contribution is -2.25. The van der Waals surface area contributed by atoms with Crippen molar-refractivity contribution in [2.45, 2.75) is 26.2 Å². The van der Waals surface area contributed by atoms with Gasteiger partial charge in [0.2, 0.25) is 5.91 Å². The van der Waals surface area contributed by atoms with Crippen LogP contribution < -0.4 is 5.32 Å². The molecule has 2 atom stereocenters. The van der Waals surface area contributed by atoms with Crippen LogP contribution in [-0.2, 0) is 4.79 Å². The molecular formula is C18H21Cl2NO. The molecule has 1 N–H and O–H groups in total. The first-order chi connectivity index (χ1) is 10.5. The van der Waals surface area contributed by atoms with Gasteiger partial charge in [-0.2, -0.15) is 0 Å². The lowest BCUT2D eigenvalue weighted by Gasteiger charge is -2.03. The number of halogens is 2. The standard InChI is InChI=1S/C18H21Cl2NO/c1-12(2)11-21-18(22)6-4-3-5-13-9-15(13)14-7-8-16(19)17(20)10-14/h3-8,10,12-13,15H,9,11H2,1-2H3,(H,21,22)/b5-3+,6-4+/t13-,15-/m0/s1. The van der Waals surface area contributed by atoms with E-state index in [1.807, 2.05) is 24.3 Å². The van der Waals surface area contributed by atoms with Crippen molar-refractivity contribution in [3.05, 3.63) is 58.1 Å². The van der Waals surface area contributed by atoms with E-state index >= 15 is 0 Å². The SMILES string of the molecule is CC(C)CNC(=O)/C=C/C=C/[C@H]1C[C@@H]1c1ccc(Cl)c(Cl)c1. The van der Waals surface area contributed by atoms with E-state index in [0.29, 0.717) is 34.3 Å². The van der Waals surface area contributed by atoms with E-state index in [1.165, 1.54) is 5.56 Å². The Labute approximate surface area is 142 Å². The average molecular weight is 338 g/mol. The van der Waals surface area contributed by atoms with Crippen LogP contribution in [0.25, 0.3) is 0 Å². The number of carbonyl (C=O) groups excluding carboxylic acids is 1. The van der Waals surface area contributed by atoms with Crippen LogP contribution in [0, 0.1) is 11.8 Å². The molecule has 22 heavy (non-hydrogen) atoms. The van der Waals surface area contributed by atoms with Gasteiger partial charge in [-0.1, -0.05) is 61.3 Å². The maximum absolute atomic E-state index is 11.5. The highest BCUT2D eigenvalue weighted by molar-refractivity contribution is 6.42. The lowest BCUT2D eigenvalue weighted by molar-refractivity contribution is -0.116. The van der Waals surface area contributed by atoms with Crippen molar-refractivity contribution >= 4 is 29.1 Å². The van der Waals surface area contributed by atoms with Gasteiger partial charge in [0.05, 0.1) is 10.0 Å². The summed E-state index contributed by atoms with van der Waals surface area (Å²) in [6.45, 7) is 4.84. The number of carbonyl (C=O) groups is 1. The number of nitrogens with one attached hydrogen (secondary N) is 1. The van der Waals surface area contributed by atoms with Gasteiger partial charge in [0.15, 0.2) is 0 Å². The van der Waals surface area contributed by atoms with E-state index in [-0.39, 0.29) is 5.91 Å². The summed E-state index contributed by atoms with van der Waals surface area (Å²) in [5.74, 6) is 1.44. The van der Waals surface area contributed by atoms with E-state index in [9.17, 15) is 4.79 Å². The van der Waals surface area contributed by atoms with Crippen LogP contribution in [0.4, 0.5) is 0 Å². The van der Waals surface area contributed by atoms with Crippen LogP contribution >= 0.6 is 23.2 Å². The highest BCUT2D eigenvalue weighted by Gasteiger charge is 2.36. The molecule has 1 aliphatic rings. The molecule has 2 nitrogen and oxygen atoms in total. The molecule has 4 heteroatoms. The van der Waals surface area contributed by atoms with E-state index in [0.717, 1.165) is 6.42 Å². The van der Waals surface area contributed by atoms with Gasteiger partial charge in [-0.25, -0.2) is 0 Å². The van der Waals surface area contributed by atoms with Crippen molar-refractivity contribution in [1.82, 2.24) is 5.32 Å². The molecule has 1 amide bonds. The van der Waals surface area contributed by atoms with Gasteiger partial charge in [0, 0.05) is 12.6 Å². The fraction of sp³-hybridized carbons (Fsp3) is 0.389. The van der Waals surface area contributed by atoms with Crippen LogP contribution in [-0.4, -0.2) is 12.5 Å². The van der Waals surface area contributed by atoms with Crippen LogP contribution in [0.15, 0.2) is 42.5 Å². The number of allylic oxidation sites excluding steroid dienone is 3. The minimum atomic E-state index is -0.0461. The Balaban J connectivity index is 1.78. The van der Waals surface area contributed by atoms with Crippen molar-refractivity contribution in [1.29, 1.82) is 0 Å². The zero-order valence-corrected chi connectivity index (χ0v) is 14.4. The Morgan fingerprint density at radius 2 is 2.09 bits per heavy atom. The van der Waals surface area contributed by atoms with Crippen LogP contribution in [0.1, 0.15) is 31.7 Å². The number of amides is 1. The smallest absolute Gasteiger partial charge is 0.243 e. The van der Waals surface area contributed by atoms with Gasteiger partial charge in [0.25, 0.3) is 0 Å². The third kappa shape index (κ3) is 5.19. The van der Waals surface area contributed by atoms with Crippen LogP contribution in [0.5, 0.6) is 0 Å². The third-order valence-electron chi connectivity index (χ3n) is 3.61. The minimum Gasteiger partial charge on any atom is -0.352 e. The number of rotatable bonds is 6. The highest BCUT2D eigenvalue weighted by atomic mass is 35.5. The van der Waals surface area contributed by atoms with Crippen molar-refractivity contribution < 1.29 is 4.79 Å². The summed E-state index contributed by atoms with van der Waals surface area (Å²) in [7, 11) is 0. The van der Waals surface area contributed by atoms with Crippen molar-refractivity contribution in [3.63, 3.8) is 0 Å². The fourth-order valence-corrected chi connectivity index (χ4v) is 2.57. The largest absolute Gasteiger partial charge is 0.352 e. The number of hydrogen-bond acceptors (Lipinski definition) is 1. The molecule has 1 aromatic rings. The minimum absolute atomic E-state index is 0.0461. The van der Waals surface area contributed by atoms with E-state index in [2.05, 4.69) is 25.2 Å². The molecule has 0 unspecified atom stereocenters. The monoisotopic (exact) mass is 337 g/mol. The fourth-order valence-electron chi connectivity index (χ4n) is 2.27. The van der Waals surface area contributed by atoms with Gasteiger partial charge in [-0.15, -0.1) is 0 Å². The van der Waals surface area contributed by atoms with E-state index < -0.39 is 0 Å². The Bertz CT molecular complexity index is 593. The first kappa shape index (κ1) is 17.1. The molecule has 0 aromatic heterocycles. The van der Waals surface area contributed by atoms with Gasteiger partial charge in [0.1, 0.15) is 0 Å².